The average Bonchev–Trinajstić information content (AvgIpc) is 2.39. The number of hydrogen-bond donors (Lipinski definition) is 2. The molecule has 1 heterocycles. The van der Waals surface area contributed by atoms with E-state index in [1.54, 1.807) is 0 Å². The van der Waals surface area contributed by atoms with Gasteiger partial charge < -0.3 is 10.6 Å². The zero-order valence-electron chi connectivity index (χ0n) is 10.6. The van der Waals surface area contributed by atoms with Crippen molar-refractivity contribution in [2.75, 3.05) is 13.1 Å². The molecule has 0 bridgehead atoms. The van der Waals surface area contributed by atoms with Crippen molar-refractivity contribution in [3.05, 3.63) is 38.9 Å². The van der Waals surface area contributed by atoms with Crippen molar-refractivity contribution in [1.82, 2.24) is 10.6 Å². The summed E-state index contributed by atoms with van der Waals surface area (Å²) in [6.07, 6.45) is 1.84. The second-order valence-electron chi connectivity index (χ2n) is 4.44. The molecule has 110 valence electrons. The highest BCUT2D eigenvalue weighted by molar-refractivity contribution is 6.31. The lowest BCUT2D eigenvalue weighted by Crippen LogP contribution is -2.45. The Kier molecular flexibility index (Phi) is 6.19. The maximum absolute atomic E-state index is 12.1. The van der Waals surface area contributed by atoms with Gasteiger partial charge in [0.2, 0.25) is 0 Å². The van der Waals surface area contributed by atoms with Gasteiger partial charge in [-0.2, -0.15) is 0 Å². The third-order valence-electron chi connectivity index (χ3n) is 3.03. The molecule has 1 aromatic carbocycles. The number of rotatable bonds is 3. The van der Waals surface area contributed by atoms with Crippen LogP contribution in [0.2, 0.25) is 5.02 Å². The number of nitro benzene ring substituents is 1. The van der Waals surface area contributed by atoms with Crippen molar-refractivity contribution in [3.63, 3.8) is 0 Å². The Morgan fingerprint density at radius 2 is 2.25 bits per heavy atom. The molecule has 1 fully saturated rings. The summed E-state index contributed by atoms with van der Waals surface area (Å²) in [6.45, 7) is 1.61. The van der Waals surface area contributed by atoms with Crippen molar-refractivity contribution in [1.29, 1.82) is 0 Å². The molecular formula is C12H15Cl2N3O3. The topological polar surface area (TPSA) is 84.3 Å². The van der Waals surface area contributed by atoms with E-state index in [-0.39, 0.29) is 29.7 Å². The maximum atomic E-state index is 12.1. The molecule has 1 aliphatic rings. The molecule has 2 rings (SSSR count). The first-order chi connectivity index (χ1) is 9.08. The van der Waals surface area contributed by atoms with Gasteiger partial charge in [-0.1, -0.05) is 11.6 Å². The fraction of sp³-hybridized carbons (Fsp3) is 0.417. The minimum absolute atomic E-state index is 0. The minimum Gasteiger partial charge on any atom is -0.348 e. The predicted octanol–water partition coefficient (Wildman–Crippen LogP) is 2.15. The van der Waals surface area contributed by atoms with Crippen molar-refractivity contribution in [3.8, 4) is 0 Å². The highest BCUT2D eigenvalue weighted by atomic mass is 35.5. The van der Waals surface area contributed by atoms with Crippen molar-refractivity contribution in [2.45, 2.75) is 18.9 Å². The first kappa shape index (κ1) is 16.7. The minimum atomic E-state index is -0.579. The van der Waals surface area contributed by atoms with Gasteiger partial charge in [0.25, 0.3) is 11.6 Å². The van der Waals surface area contributed by atoms with Gasteiger partial charge in [0.15, 0.2) is 0 Å². The Morgan fingerprint density at radius 1 is 1.50 bits per heavy atom. The Bertz CT molecular complexity index is 505. The number of hydrogen-bond acceptors (Lipinski definition) is 4. The molecule has 1 amide bonds. The monoisotopic (exact) mass is 319 g/mol. The van der Waals surface area contributed by atoms with Crippen LogP contribution in [-0.2, 0) is 0 Å². The molecule has 0 aromatic heterocycles. The smallest absolute Gasteiger partial charge is 0.282 e. The van der Waals surface area contributed by atoms with Crippen molar-refractivity contribution in [2.24, 2.45) is 0 Å². The van der Waals surface area contributed by atoms with E-state index in [1.165, 1.54) is 18.2 Å². The van der Waals surface area contributed by atoms with Crippen molar-refractivity contribution >= 4 is 35.6 Å². The van der Waals surface area contributed by atoms with Crippen LogP contribution in [0.5, 0.6) is 0 Å². The SMILES string of the molecule is Cl.O=C(NC1CCCNC1)c1cc(Cl)ccc1[N+](=O)[O-]. The number of piperidine rings is 1. The quantitative estimate of drug-likeness (QED) is 0.660. The number of nitrogens with zero attached hydrogens (tertiary/aromatic N) is 1. The number of carbonyl (C=O) groups is 1. The molecule has 1 aromatic rings. The van der Waals surface area contributed by atoms with Crippen LogP contribution in [-0.4, -0.2) is 30.0 Å². The first-order valence-corrected chi connectivity index (χ1v) is 6.41. The summed E-state index contributed by atoms with van der Waals surface area (Å²) in [7, 11) is 0. The van der Waals surface area contributed by atoms with E-state index in [4.69, 9.17) is 11.6 Å². The molecule has 8 heteroatoms. The normalized spacial score (nSPS) is 17.9. The second kappa shape index (κ2) is 7.42. The van der Waals surface area contributed by atoms with Gasteiger partial charge in [0, 0.05) is 23.7 Å². The van der Waals surface area contributed by atoms with E-state index < -0.39 is 10.8 Å². The molecule has 0 spiro atoms. The van der Waals surface area contributed by atoms with E-state index >= 15 is 0 Å². The summed E-state index contributed by atoms with van der Waals surface area (Å²) >= 11 is 5.79. The zero-order chi connectivity index (χ0) is 13.8. The molecule has 0 radical (unpaired) electrons. The summed E-state index contributed by atoms with van der Waals surface area (Å²) in [5, 5.41) is 17.2. The zero-order valence-corrected chi connectivity index (χ0v) is 12.2. The highest BCUT2D eigenvalue weighted by Gasteiger charge is 2.23. The van der Waals surface area contributed by atoms with E-state index in [1.807, 2.05) is 0 Å². The predicted molar refractivity (Wildman–Crippen MR) is 78.7 cm³/mol. The van der Waals surface area contributed by atoms with Gasteiger partial charge in [0.1, 0.15) is 5.56 Å². The standard InChI is InChI=1S/C12H14ClN3O3.ClH/c13-8-3-4-11(16(18)19)10(6-8)12(17)15-9-2-1-5-14-7-9;/h3-4,6,9,14H,1-2,5,7H2,(H,15,17);1H. The van der Waals surface area contributed by atoms with Gasteiger partial charge in [-0.25, -0.2) is 0 Å². The number of halogens is 2. The van der Waals surface area contributed by atoms with E-state index in [0.717, 1.165) is 19.4 Å². The van der Waals surface area contributed by atoms with Crippen LogP contribution < -0.4 is 10.6 Å². The van der Waals surface area contributed by atoms with Crippen LogP contribution in [0.4, 0.5) is 5.69 Å². The highest BCUT2D eigenvalue weighted by Crippen LogP contribution is 2.22. The lowest BCUT2D eigenvalue weighted by Gasteiger charge is -2.23. The lowest BCUT2D eigenvalue weighted by molar-refractivity contribution is -0.385. The van der Waals surface area contributed by atoms with Gasteiger partial charge in [0.05, 0.1) is 4.92 Å². The van der Waals surface area contributed by atoms with Crippen LogP contribution >= 0.6 is 24.0 Å². The molecule has 1 aliphatic heterocycles. The van der Waals surface area contributed by atoms with E-state index in [0.29, 0.717) is 11.6 Å². The lowest BCUT2D eigenvalue weighted by atomic mass is 10.1. The Labute approximate surface area is 127 Å². The van der Waals surface area contributed by atoms with Crippen LogP contribution in [0.3, 0.4) is 0 Å². The summed E-state index contributed by atoms with van der Waals surface area (Å²) < 4.78 is 0. The molecule has 0 saturated carbocycles. The molecule has 2 N–H and O–H groups in total. The maximum Gasteiger partial charge on any atom is 0.282 e. The number of nitro groups is 1. The number of amides is 1. The Hall–Kier alpha value is -1.37. The van der Waals surface area contributed by atoms with Crippen LogP contribution in [0.1, 0.15) is 23.2 Å². The summed E-state index contributed by atoms with van der Waals surface area (Å²) in [4.78, 5) is 22.4. The second-order valence-corrected chi connectivity index (χ2v) is 4.87. The van der Waals surface area contributed by atoms with E-state index in [9.17, 15) is 14.9 Å². The fourth-order valence-electron chi connectivity index (χ4n) is 2.09. The van der Waals surface area contributed by atoms with Gasteiger partial charge in [-0.15, -0.1) is 12.4 Å². The Morgan fingerprint density at radius 3 is 2.85 bits per heavy atom. The number of nitrogens with one attached hydrogen (secondary N) is 2. The van der Waals surface area contributed by atoms with Crippen molar-refractivity contribution < 1.29 is 9.72 Å². The van der Waals surface area contributed by atoms with Crippen LogP contribution in [0, 0.1) is 10.1 Å². The first-order valence-electron chi connectivity index (χ1n) is 6.03. The molecular weight excluding hydrogens is 305 g/mol. The van der Waals surface area contributed by atoms with Gasteiger partial charge in [-0.3, -0.25) is 14.9 Å². The third-order valence-corrected chi connectivity index (χ3v) is 3.27. The molecule has 1 unspecified atom stereocenters. The summed E-state index contributed by atoms with van der Waals surface area (Å²) in [5.74, 6) is -0.456. The van der Waals surface area contributed by atoms with Gasteiger partial charge >= 0.3 is 0 Å². The molecule has 1 atom stereocenters. The summed E-state index contributed by atoms with van der Waals surface area (Å²) in [6, 6.07) is 3.97. The summed E-state index contributed by atoms with van der Waals surface area (Å²) in [5.41, 5.74) is -0.228. The molecule has 1 saturated heterocycles. The van der Waals surface area contributed by atoms with Crippen LogP contribution in [0.15, 0.2) is 18.2 Å². The Balaban J connectivity index is 0.00000200. The number of carbonyl (C=O) groups excluding carboxylic acids is 1. The average molecular weight is 320 g/mol. The van der Waals surface area contributed by atoms with E-state index in [2.05, 4.69) is 10.6 Å². The van der Waals surface area contributed by atoms with Gasteiger partial charge in [-0.05, 0) is 31.5 Å². The fourth-order valence-corrected chi connectivity index (χ4v) is 2.26. The molecule has 0 aliphatic carbocycles. The molecule has 6 nitrogen and oxygen atoms in total. The third kappa shape index (κ3) is 4.06. The largest absolute Gasteiger partial charge is 0.348 e. The molecule has 20 heavy (non-hydrogen) atoms. The number of benzene rings is 1. The van der Waals surface area contributed by atoms with Crippen LogP contribution in [0.25, 0.3) is 0 Å².